The lowest BCUT2D eigenvalue weighted by Gasteiger charge is -2.32. The molecular formula is C23H22BrN5OS. The summed E-state index contributed by atoms with van der Waals surface area (Å²) in [6.45, 7) is 4.19. The van der Waals surface area contributed by atoms with Gasteiger partial charge in [0.2, 0.25) is 11.8 Å². The highest BCUT2D eigenvalue weighted by Gasteiger charge is 2.19. The third kappa shape index (κ3) is 5.56. The average Bonchev–Trinajstić information content (AvgIpc) is 2.80. The van der Waals surface area contributed by atoms with Crippen LogP contribution in [0.2, 0.25) is 0 Å². The van der Waals surface area contributed by atoms with Crippen LogP contribution in [0.5, 0.6) is 5.88 Å². The van der Waals surface area contributed by atoms with Crippen molar-refractivity contribution in [2.75, 3.05) is 38.1 Å². The zero-order valence-electron chi connectivity index (χ0n) is 17.2. The van der Waals surface area contributed by atoms with Gasteiger partial charge in [0, 0.05) is 35.5 Å². The predicted octanol–water partition coefficient (Wildman–Crippen LogP) is 4.59. The number of ether oxygens (including phenoxy) is 1. The lowest BCUT2D eigenvalue weighted by atomic mass is 10.2. The number of nitrogens with zero attached hydrogens (tertiary/aromatic N) is 5. The first-order valence-electron chi connectivity index (χ1n) is 9.97. The van der Waals surface area contributed by atoms with Gasteiger partial charge in [0.25, 0.3) is 0 Å². The third-order valence-corrected chi connectivity index (χ3v) is 6.65. The Morgan fingerprint density at radius 2 is 1.90 bits per heavy atom. The van der Waals surface area contributed by atoms with Crippen molar-refractivity contribution in [3.8, 4) is 11.9 Å². The fraction of sp³-hybridized carbons (Fsp3) is 0.261. The Hall–Kier alpha value is -2.60. The SMILES string of the molecule is CN1CCN(c2ncc(Sc3ccc(C#N)c(Br)c3)c(OCc3ccccc3)n2)CC1. The Morgan fingerprint density at radius 1 is 1.13 bits per heavy atom. The van der Waals surface area contributed by atoms with Crippen LogP contribution in [-0.4, -0.2) is 48.1 Å². The van der Waals surface area contributed by atoms with Gasteiger partial charge in [0.1, 0.15) is 12.7 Å². The minimum atomic E-state index is 0.435. The molecule has 0 saturated carbocycles. The van der Waals surface area contributed by atoms with Crippen LogP contribution in [-0.2, 0) is 6.61 Å². The first-order chi connectivity index (χ1) is 15.1. The van der Waals surface area contributed by atoms with Gasteiger partial charge in [-0.2, -0.15) is 10.2 Å². The summed E-state index contributed by atoms with van der Waals surface area (Å²) in [6, 6.07) is 17.9. The van der Waals surface area contributed by atoms with Crippen LogP contribution in [0.3, 0.4) is 0 Å². The molecule has 0 N–H and O–H groups in total. The topological polar surface area (TPSA) is 65.3 Å². The molecule has 2 aromatic carbocycles. The molecule has 1 aromatic heterocycles. The number of piperazine rings is 1. The zero-order chi connectivity index (χ0) is 21.6. The molecule has 1 saturated heterocycles. The van der Waals surface area contributed by atoms with Crippen molar-refractivity contribution < 1.29 is 4.74 Å². The second-order valence-electron chi connectivity index (χ2n) is 7.26. The largest absolute Gasteiger partial charge is 0.472 e. The van der Waals surface area contributed by atoms with E-state index in [1.54, 1.807) is 6.07 Å². The maximum absolute atomic E-state index is 9.16. The first kappa shape index (κ1) is 21.6. The number of hydrogen-bond donors (Lipinski definition) is 0. The second-order valence-corrected chi connectivity index (χ2v) is 9.23. The second kappa shape index (κ2) is 10.1. The minimum absolute atomic E-state index is 0.435. The lowest BCUT2D eigenvalue weighted by molar-refractivity contribution is 0.283. The van der Waals surface area contributed by atoms with Crippen molar-refractivity contribution in [2.24, 2.45) is 0 Å². The summed E-state index contributed by atoms with van der Waals surface area (Å²) in [6.07, 6.45) is 1.83. The molecular weight excluding hydrogens is 474 g/mol. The van der Waals surface area contributed by atoms with E-state index >= 15 is 0 Å². The van der Waals surface area contributed by atoms with Crippen LogP contribution in [0.15, 0.2) is 69.0 Å². The summed E-state index contributed by atoms with van der Waals surface area (Å²) >= 11 is 4.98. The van der Waals surface area contributed by atoms with Crippen molar-refractivity contribution >= 4 is 33.6 Å². The molecule has 2 heterocycles. The molecule has 0 bridgehead atoms. The molecule has 0 radical (unpaired) electrons. The maximum Gasteiger partial charge on any atom is 0.232 e. The van der Waals surface area contributed by atoms with Gasteiger partial charge in [-0.25, -0.2) is 4.98 Å². The molecule has 1 fully saturated rings. The number of anilines is 1. The molecule has 0 atom stereocenters. The summed E-state index contributed by atoms with van der Waals surface area (Å²) in [4.78, 5) is 15.7. The number of halogens is 1. The van der Waals surface area contributed by atoms with Crippen molar-refractivity contribution in [3.63, 3.8) is 0 Å². The average molecular weight is 496 g/mol. The van der Waals surface area contributed by atoms with E-state index in [1.807, 2.05) is 48.7 Å². The number of nitriles is 1. The molecule has 6 nitrogen and oxygen atoms in total. The Kier molecular flexibility index (Phi) is 7.07. The van der Waals surface area contributed by atoms with Crippen molar-refractivity contribution in [1.82, 2.24) is 14.9 Å². The number of hydrogen-bond acceptors (Lipinski definition) is 7. The summed E-state index contributed by atoms with van der Waals surface area (Å²) in [5.41, 5.74) is 1.69. The molecule has 0 amide bonds. The van der Waals surface area contributed by atoms with Gasteiger partial charge in [-0.3, -0.25) is 0 Å². The number of rotatable bonds is 6. The Balaban J connectivity index is 1.59. The molecule has 0 unspecified atom stereocenters. The van der Waals surface area contributed by atoms with E-state index in [0.29, 0.717) is 24.0 Å². The molecule has 0 spiro atoms. The normalized spacial score (nSPS) is 14.3. The van der Waals surface area contributed by atoms with Crippen LogP contribution < -0.4 is 9.64 Å². The van der Waals surface area contributed by atoms with Crippen molar-refractivity contribution in [1.29, 1.82) is 5.26 Å². The number of aromatic nitrogens is 2. The highest BCUT2D eigenvalue weighted by atomic mass is 79.9. The fourth-order valence-electron chi connectivity index (χ4n) is 3.18. The van der Waals surface area contributed by atoms with E-state index in [-0.39, 0.29) is 0 Å². The van der Waals surface area contributed by atoms with Gasteiger partial charge in [0.05, 0.1) is 16.7 Å². The van der Waals surface area contributed by atoms with Crippen LogP contribution >= 0.6 is 27.7 Å². The van der Waals surface area contributed by atoms with E-state index in [0.717, 1.165) is 46.0 Å². The fourth-order valence-corrected chi connectivity index (χ4v) is 4.66. The Labute approximate surface area is 195 Å². The maximum atomic E-state index is 9.16. The molecule has 4 rings (SSSR count). The molecule has 1 aliphatic rings. The van der Waals surface area contributed by atoms with Gasteiger partial charge < -0.3 is 14.5 Å². The molecule has 0 aliphatic carbocycles. The molecule has 3 aromatic rings. The van der Waals surface area contributed by atoms with E-state index in [2.05, 4.69) is 43.8 Å². The standard InChI is InChI=1S/C23H22BrN5OS/c1-28-9-11-29(12-10-28)23-26-15-21(31-19-8-7-18(14-25)20(24)13-19)22(27-23)30-16-17-5-3-2-4-6-17/h2-8,13,15H,9-12,16H2,1H3. The summed E-state index contributed by atoms with van der Waals surface area (Å²) < 4.78 is 6.92. The zero-order valence-corrected chi connectivity index (χ0v) is 19.6. The first-order valence-corrected chi connectivity index (χ1v) is 11.6. The molecule has 8 heteroatoms. The summed E-state index contributed by atoms with van der Waals surface area (Å²) in [5.74, 6) is 1.26. The molecule has 1 aliphatic heterocycles. The summed E-state index contributed by atoms with van der Waals surface area (Å²) in [7, 11) is 2.13. The predicted molar refractivity (Wildman–Crippen MR) is 125 cm³/mol. The van der Waals surface area contributed by atoms with Gasteiger partial charge in [-0.15, -0.1) is 0 Å². The van der Waals surface area contributed by atoms with Gasteiger partial charge in [-0.1, -0.05) is 42.1 Å². The minimum Gasteiger partial charge on any atom is -0.472 e. The number of benzene rings is 2. The molecule has 31 heavy (non-hydrogen) atoms. The third-order valence-electron chi connectivity index (χ3n) is 5.00. The monoisotopic (exact) mass is 495 g/mol. The van der Waals surface area contributed by atoms with Crippen LogP contribution in [0, 0.1) is 11.3 Å². The number of likely N-dealkylation sites (N-methyl/N-ethyl adjacent to an activating group) is 1. The van der Waals surface area contributed by atoms with Gasteiger partial charge >= 0.3 is 0 Å². The van der Waals surface area contributed by atoms with E-state index in [1.165, 1.54) is 11.8 Å². The van der Waals surface area contributed by atoms with Crippen LogP contribution in [0.4, 0.5) is 5.95 Å². The van der Waals surface area contributed by atoms with E-state index < -0.39 is 0 Å². The van der Waals surface area contributed by atoms with E-state index in [4.69, 9.17) is 15.0 Å². The highest BCUT2D eigenvalue weighted by Crippen LogP contribution is 2.36. The van der Waals surface area contributed by atoms with Gasteiger partial charge in [-0.05, 0) is 46.7 Å². The van der Waals surface area contributed by atoms with Crippen molar-refractivity contribution in [2.45, 2.75) is 16.4 Å². The van der Waals surface area contributed by atoms with Crippen molar-refractivity contribution in [3.05, 3.63) is 70.3 Å². The highest BCUT2D eigenvalue weighted by molar-refractivity contribution is 9.10. The lowest BCUT2D eigenvalue weighted by Crippen LogP contribution is -2.45. The molecule has 158 valence electrons. The quantitative estimate of drug-likeness (QED) is 0.495. The van der Waals surface area contributed by atoms with Crippen LogP contribution in [0.25, 0.3) is 0 Å². The van der Waals surface area contributed by atoms with E-state index in [9.17, 15) is 0 Å². The Bertz CT molecular complexity index is 1080. The van der Waals surface area contributed by atoms with Crippen LogP contribution in [0.1, 0.15) is 11.1 Å². The smallest absolute Gasteiger partial charge is 0.232 e. The summed E-state index contributed by atoms with van der Waals surface area (Å²) in [5, 5.41) is 9.16. The van der Waals surface area contributed by atoms with Gasteiger partial charge in [0.15, 0.2) is 0 Å². The Morgan fingerprint density at radius 3 is 2.61 bits per heavy atom.